The van der Waals surface area contributed by atoms with Crippen LogP contribution < -0.4 is 27.0 Å². The van der Waals surface area contributed by atoms with Crippen molar-refractivity contribution in [3.05, 3.63) is 93.4 Å². The molecule has 6 rings (SSSR count). The van der Waals surface area contributed by atoms with Crippen molar-refractivity contribution in [1.29, 1.82) is 0 Å². The van der Waals surface area contributed by atoms with Crippen molar-refractivity contribution in [1.82, 2.24) is 30.1 Å². The quantitative estimate of drug-likeness (QED) is 0.0434. The van der Waals surface area contributed by atoms with Crippen LogP contribution in [-0.4, -0.2) is 75.6 Å². The summed E-state index contributed by atoms with van der Waals surface area (Å²) < 4.78 is 41.9. The van der Waals surface area contributed by atoms with Gasteiger partial charge >= 0.3 is 0 Å². The van der Waals surface area contributed by atoms with E-state index in [1.807, 2.05) is 12.3 Å². The number of rotatable bonds is 17. The Bertz CT molecular complexity index is 2250. The van der Waals surface area contributed by atoms with Gasteiger partial charge in [-0.15, -0.1) is 11.3 Å². The van der Waals surface area contributed by atoms with Crippen molar-refractivity contribution in [2.24, 2.45) is 5.73 Å². The fourth-order valence-corrected chi connectivity index (χ4v) is 6.15. The van der Waals surface area contributed by atoms with E-state index in [1.165, 1.54) is 47.9 Å². The maximum absolute atomic E-state index is 13.4. The van der Waals surface area contributed by atoms with Crippen LogP contribution in [0.1, 0.15) is 24.2 Å². The van der Waals surface area contributed by atoms with E-state index in [1.54, 1.807) is 32.7 Å². The number of anilines is 6. The zero-order chi connectivity index (χ0) is 40.0. The molecule has 0 amide bonds. The molecule has 0 unspecified atom stereocenters. The third-order valence-corrected chi connectivity index (χ3v) is 9.27. The third-order valence-electron chi connectivity index (χ3n) is 7.59. The molecule has 4 heterocycles. The van der Waals surface area contributed by atoms with Gasteiger partial charge in [-0.2, -0.15) is 9.97 Å². The fourth-order valence-electron chi connectivity index (χ4n) is 4.81. The Balaban J connectivity index is 0.000000224. The van der Waals surface area contributed by atoms with Crippen LogP contribution in [0.2, 0.25) is 10.0 Å². The van der Waals surface area contributed by atoms with Gasteiger partial charge in [0.25, 0.3) is 0 Å². The average Bonchev–Trinajstić information content (AvgIpc) is 3.84. The van der Waals surface area contributed by atoms with Crippen LogP contribution in [0.4, 0.5) is 43.7 Å². The molecular formula is C36H37Cl2F2N11O3S2. The molecule has 0 aliphatic heterocycles. The summed E-state index contributed by atoms with van der Waals surface area (Å²) in [5.41, 5.74) is 9.76. The summed E-state index contributed by atoms with van der Waals surface area (Å²) in [6.45, 7) is 4.39. The lowest BCUT2D eigenvalue weighted by Crippen LogP contribution is -2.17. The van der Waals surface area contributed by atoms with Crippen molar-refractivity contribution in [2.75, 3.05) is 61.8 Å². The van der Waals surface area contributed by atoms with Gasteiger partial charge in [0.2, 0.25) is 11.9 Å². The highest BCUT2D eigenvalue weighted by molar-refractivity contribution is 7.80. The molecule has 6 aromatic rings. The van der Waals surface area contributed by atoms with Crippen LogP contribution >= 0.6 is 46.8 Å². The van der Waals surface area contributed by atoms with Gasteiger partial charge in [-0.05, 0) is 56.2 Å². The van der Waals surface area contributed by atoms with E-state index in [0.29, 0.717) is 72.5 Å². The molecule has 14 nitrogen and oxygen atoms in total. The second-order valence-corrected chi connectivity index (χ2v) is 13.8. The first-order valence-corrected chi connectivity index (χ1v) is 18.9. The van der Waals surface area contributed by atoms with Gasteiger partial charge in [0.1, 0.15) is 39.0 Å². The Morgan fingerprint density at radius 1 is 0.821 bits per heavy atom. The molecule has 4 aromatic heterocycles. The van der Waals surface area contributed by atoms with Crippen LogP contribution in [0, 0.1) is 18.6 Å². The molecular weight excluding hydrogens is 808 g/mol. The van der Waals surface area contributed by atoms with Crippen molar-refractivity contribution in [3.63, 3.8) is 0 Å². The second kappa shape index (κ2) is 20.7. The van der Waals surface area contributed by atoms with Gasteiger partial charge in [0, 0.05) is 69.7 Å². The lowest BCUT2D eigenvalue weighted by Gasteiger charge is -2.12. The number of aromatic nitrogens is 6. The van der Waals surface area contributed by atoms with Crippen molar-refractivity contribution in [3.8, 4) is 21.8 Å². The minimum atomic E-state index is -0.493. The fraction of sp³-hybridized carbons (Fsp3) is 0.250. The predicted molar refractivity (Wildman–Crippen MR) is 221 cm³/mol. The van der Waals surface area contributed by atoms with Gasteiger partial charge in [0.05, 0.1) is 38.6 Å². The van der Waals surface area contributed by atoms with E-state index in [4.69, 9.17) is 60.1 Å². The van der Waals surface area contributed by atoms with Crippen LogP contribution in [0.3, 0.4) is 0 Å². The molecule has 0 spiro atoms. The number of nitrogens with two attached hydrogens (primary N) is 1. The number of hydrogen-bond donors (Lipinski definition) is 5. The van der Waals surface area contributed by atoms with E-state index < -0.39 is 11.6 Å². The smallest absolute Gasteiger partial charge is 0.229 e. The van der Waals surface area contributed by atoms with E-state index >= 15 is 0 Å². The summed E-state index contributed by atoms with van der Waals surface area (Å²) in [5.74, 6) is 1.51. The maximum Gasteiger partial charge on any atom is 0.229 e. The number of nitrogens with zero attached hydrogens (tertiary/aromatic N) is 6. The van der Waals surface area contributed by atoms with E-state index in [-0.39, 0.29) is 15.0 Å². The second-order valence-electron chi connectivity index (χ2n) is 11.7. The van der Waals surface area contributed by atoms with Crippen LogP contribution in [-0.2, 0) is 9.47 Å². The molecule has 2 aromatic carbocycles. The lowest BCUT2D eigenvalue weighted by molar-refractivity contribution is 0.197. The van der Waals surface area contributed by atoms with E-state index in [9.17, 15) is 8.78 Å². The van der Waals surface area contributed by atoms with Crippen molar-refractivity contribution in [2.45, 2.75) is 19.8 Å². The number of halogens is 4. The minimum Gasteiger partial charge on any atom is -0.389 e. The van der Waals surface area contributed by atoms with Gasteiger partial charge < -0.3 is 41.0 Å². The van der Waals surface area contributed by atoms with Crippen molar-refractivity contribution < 1.29 is 22.8 Å². The Hall–Kier alpha value is -5.11. The number of nitrogens with one attached hydrogen (secondary N) is 4. The summed E-state index contributed by atoms with van der Waals surface area (Å²) in [7, 11) is 3.30. The predicted octanol–water partition coefficient (Wildman–Crippen LogP) is 8.64. The monoisotopic (exact) mass is 843 g/mol. The number of benzene rings is 2. The molecule has 0 aliphatic rings. The minimum absolute atomic E-state index is 0.0117. The molecule has 0 radical (unpaired) electrons. The van der Waals surface area contributed by atoms with E-state index in [0.717, 1.165) is 34.7 Å². The standard InChI is InChI=1S/C21H20ClFN6O2S.C15H17ClFN5OS/c1-12-14(10-26-31-12)18-11-32-20(28-18)15-9-25-21(29-19(15)24-6-3-7-30-2)27-13-4-5-17(23)16(22)8-13;1-23-6-2-5-19-14-10(13(18)24)8-20-15(22-14)21-9-3-4-12(17)11(16)7-9/h4-5,8-11H,3,6-7H2,1-2H3,(H2,24,25,27,29);3-4,7-8H,2,5-6H2,1H3,(H2,18,24)(H2,19,20,21,22). The normalized spacial score (nSPS) is 10.8. The molecule has 0 aliphatic carbocycles. The molecule has 56 heavy (non-hydrogen) atoms. The van der Waals surface area contributed by atoms with Crippen LogP contribution in [0.5, 0.6) is 0 Å². The Morgan fingerprint density at radius 3 is 1.93 bits per heavy atom. The summed E-state index contributed by atoms with van der Waals surface area (Å²) in [6.07, 6.45) is 6.48. The first kappa shape index (κ1) is 42.0. The summed E-state index contributed by atoms with van der Waals surface area (Å²) in [5, 5.41) is 19.0. The summed E-state index contributed by atoms with van der Waals surface area (Å²) in [6, 6.07) is 8.59. The third kappa shape index (κ3) is 11.7. The topological polar surface area (TPSA) is 183 Å². The lowest BCUT2D eigenvalue weighted by atomic mass is 10.2. The maximum atomic E-state index is 13.4. The highest BCUT2D eigenvalue weighted by Crippen LogP contribution is 2.34. The number of hydrogen-bond acceptors (Lipinski definition) is 15. The molecule has 0 saturated carbocycles. The Morgan fingerprint density at radius 2 is 1.39 bits per heavy atom. The molecule has 294 valence electrons. The SMILES string of the molecule is COCCCNc1nc(Nc2ccc(F)c(Cl)c2)ncc1-c1nc(-c2cnoc2C)cs1.COCCCNc1nc(Nc2ccc(F)c(Cl)c2)ncc1C(N)=S. The molecule has 0 bridgehead atoms. The zero-order valence-corrected chi connectivity index (χ0v) is 33.5. The summed E-state index contributed by atoms with van der Waals surface area (Å²) in [4.78, 5) is 22.5. The number of thiazole rings is 1. The first-order chi connectivity index (χ1) is 27.1. The Labute approximate surface area is 340 Å². The Kier molecular flexibility index (Phi) is 15.5. The van der Waals surface area contributed by atoms with E-state index in [2.05, 4.69) is 46.4 Å². The van der Waals surface area contributed by atoms with Crippen molar-refractivity contribution >= 4 is 86.7 Å². The molecule has 0 atom stereocenters. The van der Waals surface area contributed by atoms with Gasteiger partial charge in [-0.1, -0.05) is 40.6 Å². The highest BCUT2D eigenvalue weighted by atomic mass is 35.5. The molecule has 0 saturated heterocycles. The number of thiocarbonyl (C=S) groups is 1. The number of ether oxygens (including phenoxy) is 2. The number of aryl methyl sites for hydroxylation is 1. The molecule has 0 fully saturated rings. The number of methoxy groups -OCH3 is 2. The molecule has 6 N–H and O–H groups in total. The molecule has 20 heteroatoms. The first-order valence-electron chi connectivity index (χ1n) is 16.9. The summed E-state index contributed by atoms with van der Waals surface area (Å²) >= 11 is 18.1. The van der Waals surface area contributed by atoms with Crippen LogP contribution in [0.25, 0.3) is 21.8 Å². The zero-order valence-electron chi connectivity index (χ0n) is 30.3. The average molecular weight is 845 g/mol. The van der Waals surface area contributed by atoms with Gasteiger partial charge in [-0.25, -0.2) is 23.7 Å². The van der Waals surface area contributed by atoms with Gasteiger partial charge in [-0.3, -0.25) is 0 Å². The highest BCUT2D eigenvalue weighted by Gasteiger charge is 2.17. The van der Waals surface area contributed by atoms with Gasteiger partial charge in [0.15, 0.2) is 0 Å². The largest absolute Gasteiger partial charge is 0.389 e. The van der Waals surface area contributed by atoms with Crippen LogP contribution in [0.15, 0.2) is 64.9 Å².